The van der Waals surface area contributed by atoms with Crippen LogP contribution < -0.4 is 15.5 Å². The third kappa shape index (κ3) is 3.79. The van der Waals surface area contributed by atoms with Gasteiger partial charge in [-0.2, -0.15) is 4.98 Å². The molecule has 3 rings (SSSR count). The summed E-state index contributed by atoms with van der Waals surface area (Å²) in [6, 6.07) is 0. The number of anilines is 2. The van der Waals surface area contributed by atoms with E-state index >= 15 is 0 Å². The first-order valence-electron chi connectivity index (χ1n) is 8.90. The molecule has 2 aromatic rings. The minimum absolute atomic E-state index is 0.858. The van der Waals surface area contributed by atoms with E-state index in [-0.39, 0.29) is 0 Å². The summed E-state index contributed by atoms with van der Waals surface area (Å²) in [5, 5.41) is 10.3. The third-order valence-electron chi connectivity index (χ3n) is 4.62. The zero-order valence-corrected chi connectivity index (χ0v) is 15.7. The minimum Gasteiger partial charge on any atom is -0.368 e. The van der Waals surface area contributed by atoms with Gasteiger partial charge in [-0.05, 0) is 31.0 Å². The second-order valence-corrected chi connectivity index (χ2v) is 7.02. The Balaban J connectivity index is 1.82. The molecular weight excluding hydrogens is 320 g/mol. The smallest absolute Gasteiger partial charge is 0.228 e. The lowest BCUT2D eigenvalue weighted by molar-refractivity contribution is 0.316. The molecule has 3 heterocycles. The lowest BCUT2D eigenvalue weighted by Crippen LogP contribution is -2.44. The van der Waals surface area contributed by atoms with Crippen molar-refractivity contribution in [3.63, 3.8) is 0 Å². The summed E-state index contributed by atoms with van der Waals surface area (Å²) in [4.78, 5) is 15.5. The fraction of sp³-hybridized carbons (Fsp3) is 0.647. The van der Waals surface area contributed by atoms with Gasteiger partial charge in [0.1, 0.15) is 10.6 Å². The van der Waals surface area contributed by atoms with E-state index in [0.717, 1.165) is 69.0 Å². The van der Waals surface area contributed by atoms with E-state index in [4.69, 9.17) is 9.97 Å². The van der Waals surface area contributed by atoms with Crippen LogP contribution in [0.5, 0.6) is 0 Å². The molecule has 7 heteroatoms. The molecule has 24 heavy (non-hydrogen) atoms. The highest BCUT2D eigenvalue weighted by Crippen LogP contribution is 2.31. The molecule has 2 aromatic heterocycles. The van der Waals surface area contributed by atoms with Gasteiger partial charge in [0.05, 0.1) is 5.39 Å². The normalized spacial score (nSPS) is 15.4. The van der Waals surface area contributed by atoms with E-state index in [1.807, 2.05) is 0 Å². The van der Waals surface area contributed by atoms with Crippen molar-refractivity contribution in [3.8, 4) is 0 Å². The lowest BCUT2D eigenvalue weighted by atomic mass is 10.2. The largest absolute Gasteiger partial charge is 0.368 e. The van der Waals surface area contributed by atoms with Crippen molar-refractivity contribution in [3.05, 3.63) is 10.9 Å². The number of nitrogens with one attached hydrogen (secondary N) is 2. The Labute approximate surface area is 148 Å². The van der Waals surface area contributed by atoms with Gasteiger partial charge in [-0.1, -0.05) is 13.8 Å². The monoisotopic (exact) mass is 348 g/mol. The van der Waals surface area contributed by atoms with E-state index < -0.39 is 0 Å². The number of piperazine rings is 1. The van der Waals surface area contributed by atoms with Gasteiger partial charge in [0, 0.05) is 39.3 Å². The minimum atomic E-state index is 0.858. The summed E-state index contributed by atoms with van der Waals surface area (Å²) in [6.45, 7) is 14.6. The van der Waals surface area contributed by atoms with E-state index in [1.165, 1.54) is 10.9 Å². The van der Waals surface area contributed by atoms with Crippen molar-refractivity contribution in [2.75, 3.05) is 62.6 Å². The summed E-state index contributed by atoms with van der Waals surface area (Å²) in [7, 11) is 0. The van der Waals surface area contributed by atoms with Crippen LogP contribution in [0, 0.1) is 6.92 Å². The Kier molecular flexibility index (Phi) is 5.86. The number of fused-ring (bicyclic) bond motifs is 1. The number of aromatic nitrogens is 2. The molecule has 1 aliphatic rings. The Bertz CT molecular complexity index is 660. The molecule has 1 aliphatic heterocycles. The predicted octanol–water partition coefficient (Wildman–Crippen LogP) is 2.16. The number of aryl methyl sites for hydroxylation is 1. The summed E-state index contributed by atoms with van der Waals surface area (Å²) in [5.41, 5.74) is 1.26. The number of thiophene rings is 1. The van der Waals surface area contributed by atoms with Gasteiger partial charge in [-0.25, -0.2) is 4.98 Å². The van der Waals surface area contributed by atoms with Crippen molar-refractivity contribution >= 4 is 33.3 Å². The second kappa shape index (κ2) is 8.09. The number of nitrogens with zero attached hydrogens (tertiary/aromatic N) is 4. The summed E-state index contributed by atoms with van der Waals surface area (Å²) >= 11 is 1.71. The van der Waals surface area contributed by atoms with E-state index in [0.29, 0.717) is 0 Å². The maximum absolute atomic E-state index is 4.87. The van der Waals surface area contributed by atoms with Crippen molar-refractivity contribution in [1.29, 1.82) is 0 Å². The topological polar surface area (TPSA) is 56.3 Å². The molecular formula is C17H28N6S. The van der Waals surface area contributed by atoms with E-state index in [9.17, 15) is 0 Å². The van der Waals surface area contributed by atoms with Crippen molar-refractivity contribution < 1.29 is 0 Å². The first-order valence-corrected chi connectivity index (χ1v) is 9.78. The highest BCUT2D eigenvalue weighted by Gasteiger charge is 2.17. The molecule has 132 valence electrons. The maximum Gasteiger partial charge on any atom is 0.228 e. The Morgan fingerprint density at radius 3 is 2.71 bits per heavy atom. The van der Waals surface area contributed by atoms with Crippen molar-refractivity contribution in [1.82, 2.24) is 20.2 Å². The standard InChI is InChI=1S/C17H28N6S/c1-4-22(5-2)9-8-19-15-14-13(3)12-24-16(14)21-17(20-15)23-10-6-18-7-11-23/h12,18H,4-11H2,1-3H3,(H,19,20,21). The second-order valence-electron chi connectivity index (χ2n) is 6.16. The van der Waals surface area contributed by atoms with Gasteiger partial charge in [0.15, 0.2) is 0 Å². The molecule has 0 aliphatic carbocycles. The first kappa shape index (κ1) is 17.4. The van der Waals surface area contributed by atoms with Gasteiger partial charge in [0.25, 0.3) is 0 Å². The van der Waals surface area contributed by atoms with Gasteiger partial charge in [-0.15, -0.1) is 11.3 Å². The number of likely N-dealkylation sites (N-methyl/N-ethyl adjacent to an activating group) is 1. The molecule has 0 unspecified atom stereocenters. The molecule has 1 fully saturated rings. The van der Waals surface area contributed by atoms with Crippen molar-refractivity contribution in [2.24, 2.45) is 0 Å². The van der Waals surface area contributed by atoms with Crippen LogP contribution in [0.1, 0.15) is 19.4 Å². The Morgan fingerprint density at radius 2 is 2.00 bits per heavy atom. The molecule has 0 aromatic carbocycles. The van der Waals surface area contributed by atoms with Crippen LogP contribution in [-0.2, 0) is 0 Å². The van der Waals surface area contributed by atoms with Crippen LogP contribution in [-0.4, -0.2) is 67.2 Å². The van der Waals surface area contributed by atoms with Crippen LogP contribution in [0.2, 0.25) is 0 Å². The molecule has 1 saturated heterocycles. The van der Waals surface area contributed by atoms with Crippen LogP contribution in [0.4, 0.5) is 11.8 Å². The van der Waals surface area contributed by atoms with Crippen LogP contribution >= 0.6 is 11.3 Å². The molecule has 0 spiro atoms. The summed E-state index contributed by atoms with van der Waals surface area (Å²) < 4.78 is 0. The van der Waals surface area contributed by atoms with E-state index in [1.54, 1.807) is 11.3 Å². The Morgan fingerprint density at radius 1 is 1.25 bits per heavy atom. The van der Waals surface area contributed by atoms with Gasteiger partial charge >= 0.3 is 0 Å². The SMILES string of the molecule is CCN(CC)CCNc1nc(N2CCNCC2)nc2scc(C)c12. The summed E-state index contributed by atoms with van der Waals surface area (Å²) in [5.74, 6) is 1.84. The fourth-order valence-corrected chi connectivity index (χ4v) is 4.00. The molecule has 0 amide bonds. The molecule has 2 N–H and O–H groups in total. The van der Waals surface area contributed by atoms with Crippen LogP contribution in [0.25, 0.3) is 10.2 Å². The Hall–Kier alpha value is -1.44. The molecule has 0 radical (unpaired) electrons. The third-order valence-corrected chi connectivity index (χ3v) is 5.61. The lowest BCUT2D eigenvalue weighted by Gasteiger charge is -2.27. The number of hydrogen-bond donors (Lipinski definition) is 2. The average molecular weight is 349 g/mol. The molecule has 0 atom stereocenters. The van der Waals surface area contributed by atoms with Gasteiger partial charge < -0.3 is 20.4 Å². The predicted molar refractivity (Wildman–Crippen MR) is 104 cm³/mol. The zero-order chi connectivity index (χ0) is 16.9. The quantitative estimate of drug-likeness (QED) is 0.800. The maximum atomic E-state index is 4.87. The van der Waals surface area contributed by atoms with Crippen LogP contribution in [0.15, 0.2) is 5.38 Å². The average Bonchev–Trinajstić information content (AvgIpc) is 3.00. The van der Waals surface area contributed by atoms with Gasteiger partial charge in [-0.3, -0.25) is 0 Å². The highest BCUT2D eigenvalue weighted by atomic mass is 32.1. The fourth-order valence-electron chi connectivity index (χ4n) is 3.08. The molecule has 0 saturated carbocycles. The van der Waals surface area contributed by atoms with Gasteiger partial charge in [0.2, 0.25) is 5.95 Å². The van der Waals surface area contributed by atoms with Crippen LogP contribution in [0.3, 0.4) is 0 Å². The summed E-state index contributed by atoms with van der Waals surface area (Å²) in [6.07, 6.45) is 0. The number of hydrogen-bond acceptors (Lipinski definition) is 7. The van der Waals surface area contributed by atoms with E-state index in [2.05, 4.69) is 46.6 Å². The zero-order valence-electron chi connectivity index (χ0n) is 14.9. The number of rotatable bonds is 7. The highest BCUT2D eigenvalue weighted by molar-refractivity contribution is 7.17. The molecule has 0 bridgehead atoms. The van der Waals surface area contributed by atoms with Crippen molar-refractivity contribution in [2.45, 2.75) is 20.8 Å². The first-order chi connectivity index (χ1) is 11.7. The molecule has 6 nitrogen and oxygen atoms in total.